The lowest BCUT2D eigenvalue weighted by Crippen LogP contribution is -1.89. The molecule has 0 fully saturated rings. The van der Waals surface area contributed by atoms with Gasteiger partial charge in [0.25, 0.3) is 5.69 Å². The molecule has 3 rings (SSSR count). The highest BCUT2D eigenvalue weighted by Crippen LogP contribution is 2.30. The molecule has 0 unspecified atom stereocenters. The third kappa shape index (κ3) is 2.21. The molecule has 7 heteroatoms. The average molecular weight is 308 g/mol. The monoisotopic (exact) mass is 307 g/mol. The van der Waals surface area contributed by atoms with Crippen LogP contribution >= 0.6 is 23.2 Å². The summed E-state index contributed by atoms with van der Waals surface area (Å²) in [5.41, 5.74) is 1.81. The normalized spacial score (nSPS) is 10.9. The lowest BCUT2D eigenvalue weighted by atomic mass is 10.1. The fourth-order valence-electron chi connectivity index (χ4n) is 1.92. The van der Waals surface area contributed by atoms with Gasteiger partial charge in [0.05, 0.1) is 15.6 Å². The van der Waals surface area contributed by atoms with E-state index in [1.807, 2.05) is 0 Å². The lowest BCUT2D eigenvalue weighted by Gasteiger charge is -1.98. The summed E-state index contributed by atoms with van der Waals surface area (Å²) in [5.74, 6) is 0. The number of rotatable bonds is 2. The van der Waals surface area contributed by atoms with E-state index in [-0.39, 0.29) is 10.7 Å². The van der Waals surface area contributed by atoms with Crippen molar-refractivity contribution >= 4 is 34.5 Å². The van der Waals surface area contributed by atoms with E-state index in [2.05, 4.69) is 4.98 Å². The maximum atomic E-state index is 10.9. The quantitative estimate of drug-likeness (QED) is 0.526. The Bertz CT molecular complexity index is 830. The SMILES string of the molecule is O=[N+]([O-])c1cc(-c2cn3cc(Cl)ccc3n2)ccc1Cl. The first-order valence-corrected chi connectivity index (χ1v) is 6.39. The average Bonchev–Trinajstić information content (AvgIpc) is 2.81. The van der Waals surface area contributed by atoms with Gasteiger partial charge in [0.1, 0.15) is 10.7 Å². The van der Waals surface area contributed by atoms with Crippen LogP contribution in [-0.4, -0.2) is 14.3 Å². The number of benzene rings is 1. The molecule has 0 amide bonds. The van der Waals surface area contributed by atoms with Crippen molar-refractivity contribution in [3.8, 4) is 11.3 Å². The predicted octanol–water partition coefficient (Wildman–Crippen LogP) is 4.22. The van der Waals surface area contributed by atoms with Gasteiger partial charge in [0, 0.05) is 24.0 Å². The van der Waals surface area contributed by atoms with Gasteiger partial charge >= 0.3 is 0 Å². The minimum absolute atomic E-state index is 0.102. The number of fused-ring (bicyclic) bond motifs is 1. The Kier molecular flexibility index (Phi) is 3.08. The molecule has 0 aliphatic rings. The van der Waals surface area contributed by atoms with Crippen LogP contribution in [0.1, 0.15) is 0 Å². The van der Waals surface area contributed by atoms with Gasteiger partial charge in [-0.15, -0.1) is 0 Å². The van der Waals surface area contributed by atoms with Crippen LogP contribution in [0.25, 0.3) is 16.9 Å². The zero-order valence-corrected chi connectivity index (χ0v) is 11.5. The Morgan fingerprint density at radius 3 is 2.70 bits per heavy atom. The maximum absolute atomic E-state index is 10.9. The largest absolute Gasteiger partial charge is 0.305 e. The molecule has 0 saturated heterocycles. The molecule has 0 aliphatic carbocycles. The summed E-state index contributed by atoms with van der Waals surface area (Å²) in [7, 11) is 0. The Labute approximate surface area is 123 Å². The molecule has 0 radical (unpaired) electrons. The molecule has 0 atom stereocenters. The first-order chi connectivity index (χ1) is 9.54. The number of imidazole rings is 1. The number of halogens is 2. The van der Waals surface area contributed by atoms with Gasteiger partial charge in [-0.05, 0) is 18.2 Å². The van der Waals surface area contributed by atoms with E-state index in [0.717, 1.165) is 0 Å². The molecular formula is C13H7Cl2N3O2. The molecule has 0 N–H and O–H groups in total. The van der Waals surface area contributed by atoms with Crippen LogP contribution in [0.4, 0.5) is 5.69 Å². The highest BCUT2D eigenvalue weighted by molar-refractivity contribution is 6.32. The van der Waals surface area contributed by atoms with Crippen molar-refractivity contribution in [2.24, 2.45) is 0 Å². The topological polar surface area (TPSA) is 60.4 Å². The molecule has 0 spiro atoms. The third-order valence-corrected chi connectivity index (χ3v) is 3.40. The number of hydrogen-bond donors (Lipinski definition) is 0. The van der Waals surface area contributed by atoms with Gasteiger partial charge in [-0.2, -0.15) is 0 Å². The van der Waals surface area contributed by atoms with Crippen molar-refractivity contribution in [2.75, 3.05) is 0 Å². The summed E-state index contributed by atoms with van der Waals surface area (Å²) in [4.78, 5) is 14.8. The van der Waals surface area contributed by atoms with E-state index in [0.29, 0.717) is 21.9 Å². The maximum Gasteiger partial charge on any atom is 0.288 e. The zero-order valence-electron chi connectivity index (χ0n) is 9.96. The minimum atomic E-state index is -0.515. The van der Waals surface area contributed by atoms with Crippen molar-refractivity contribution in [1.29, 1.82) is 0 Å². The molecule has 5 nitrogen and oxygen atoms in total. The first kappa shape index (κ1) is 12.9. The van der Waals surface area contributed by atoms with Gasteiger partial charge in [-0.3, -0.25) is 10.1 Å². The summed E-state index contributed by atoms with van der Waals surface area (Å²) in [5, 5.41) is 11.6. The van der Waals surface area contributed by atoms with E-state index >= 15 is 0 Å². The number of hydrogen-bond acceptors (Lipinski definition) is 3. The van der Waals surface area contributed by atoms with Crippen LogP contribution in [0.5, 0.6) is 0 Å². The van der Waals surface area contributed by atoms with Crippen molar-refractivity contribution in [3.63, 3.8) is 0 Å². The molecule has 1 aromatic carbocycles. The van der Waals surface area contributed by atoms with E-state index < -0.39 is 4.92 Å². The first-order valence-electron chi connectivity index (χ1n) is 5.63. The molecule has 0 saturated carbocycles. The predicted molar refractivity (Wildman–Crippen MR) is 77.3 cm³/mol. The van der Waals surface area contributed by atoms with E-state index in [4.69, 9.17) is 23.2 Å². The second-order valence-corrected chi connectivity index (χ2v) is 5.01. The van der Waals surface area contributed by atoms with Gasteiger partial charge in [-0.25, -0.2) is 4.98 Å². The molecule has 0 bridgehead atoms. The summed E-state index contributed by atoms with van der Waals surface area (Å²) < 4.78 is 1.76. The zero-order chi connectivity index (χ0) is 14.3. The van der Waals surface area contributed by atoms with Gasteiger partial charge in [-0.1, -0.05) is 29.3 Å². The smallest absolute Gasteiger partial charge is 0.288 e. The second-order valence-electron chi connectivity index (χ2n) is 4.16. The fourth-order valence-corrected chi connectivity index (χ4v) is 2.27. The fraction of sp³-hybridized carbons (Fsp3) is 0. The Balaban J connectivity index is 2.15. The van der Waals surface area contributed by atoms with Crippen LogP contribution in [-0.2, 0) is 0 Å². The number of nitro benzene ring substituents is 1. The number of nitrogens with zero attached hydrogens (tertiary/aromatic N) is 3. The Morgan fingerprint density at radius 2 is 1.95 bits per heavy atom. The molecule has 2 heterocycles. The third-order valence-electron chi connectivity index (χ3n) is 2.85. The molecule has 2 aromatic heterocycles. The highest BCUT2D eigenvalue weighted by Gasteiger charge is 2.15. The number of pyridine rings is 1. The van der Waals surface area contributed by atoms with Gasteiger partial charge in [0.15, 0.2) is 0 Å². The minimum Gasteiger partial charge on any atom is -0.305 e. The summed E-state index contributed by atoms with van der Waals surface area (Å²) in [6.45, 7) is 0. The van der Waals surface area contributed by atoms with Crippen LogP contribution in [0.2, 0.25) is 10.0 Å². The van der Waals surface area contributed by atoms with Crippen LogP contribution in [0.15, 0.2) is 42.7 Å². The number of aromatic nitrogens is 2. The Hall–Kier alpha value is -2.11. The van der Waals surface area contributed by atoms with E-state index in [9.17, 15) is 10.1 Å². The van der Waals surface area contributed by atoms with Crippen LogP contribution < -0.4 is 0 Å². The Morgan fingerprint density at radius 1 is 1.15 bits per heavy atom. The summed E-state index contributed by atoms with van der Waals surface area (Å²) >= 11 is 11.7. The molecule has 100 valence electrons. The van der Waals surface area contributed by atoms with Crippen LogP contribution in [0.3, 0.4) is 0 Å². The summed E-state index contributed by atoms with van der Waals surface area (Å²) in [6, 6.07) is 8.10. The van der Waals surface area contributed by atoms with E-state index in [1.165, 1.54) is 12.1 Å². The van der Waals surface area contributed by atoms with Crippen molar-refractivity contribution in [3.05, 3.63) is 62.9 Å². The van der Waals surface area contributed by atoms with Gasteiger partial charge in [0.2, 0.25) is 0 Å². The van der Waals surface area contributed by atoms with E-state index in [1.54, 1.807) is 35.0 Å². The second kappa shape index (κ2) is 4.77. The van der Waals surface area contributed by atoms with Crippen molar-refractivity contribution < 1.29 is 4.92 Å². The molecule has 0 aliphatic heterocycles. The standard InChI is InChI=1S/C13H7Cl2N3O2/c14-9-2-4-13-16-11(7-17(13)6-9)8-1-3-10(15)12(5-8)18(19)20/h1-7H. The van der Waals surface area contributed by atoms with Gasteiger partial charge < -0.3 is 4.40 Å². The van der Waals surface area contributed by atoms with Crippen LogP contribution in [0, 0.1) is 10.1 Å². The van der Waals surface area contributed by atoms with Crippen molar-refractivity contribution in [2.45, 2.75) is 0 Å². The molecule has 3 aromatic rings. The molecule has 20 heavy (non-hydrogen) atoms. The molecular weight excluding hydrogens is 301 g/mol. The highest BCUT2D eigenvalue weighted by atomic mass is 35.5. The van der Waals surface area contributed by atoms with Crippen molar-refractivity contribution in [1.82, 2.24) is 9.38 Å². The lowest BCUT2D eigenvalue weighted by molar-refractivity contribution is -0.384. The number of nitro groups is 1. The summed E-state index contributed by atoms with van der Waals surface area (Å²) in [6.07, 6.45) is 3.48.